The Morgan fingerprint density at radius 2 is 1.31 bits per heavy atom. The summed E-state index contributed by atoms with van der Waals surface area (Å²) in [4.78, 5) is 16.9. The summed E-state index contributed by atoms with van der Waals surface area (Å²) in [5, 5.41) is 3.72. The molecule has 1 aliphatic rings. The van der Waals surface area contributed by atoms with Crippen LogP contribution in [0.15, 0.2) is 84.9 Å². The van der Waals surface area contributed by atoms with Gasteiger partial charge in [0.1, 0.15) is 0 Å². The maximum Gasteiger partial charge on any atom is 0.321 e. The fourth-order valence-electron chi connectivity index (χ4n) is 3.80. The quantitative estimate of drug-likeness (QED) is 0.641. The van der Waals surface area contributed by atoms with Crippen LogP contribution in [0.2, 0.25) is 5.02 Å². The molecule has 5 heteroatoms. The average molecular weight is 406 g/mol. The highest BCUT2D eigenvalue weighted by molar-refractivity contribution is 6.30. The van der Waals surface area contributed by atoms with Crippen molar-refractivity contribution in [1.29, 1.82) is 0 Å². The molecule has 148 valence electrons. The molecule has 0 bridgehead atoms. The summed E-state index contributed by atoms with van der Waals surface area (Å²) in [5.41, 5.74) is 3.28. The molecular formula is C24H24ClN3O. The zero-order chi connectivity index (χ0) is 20.1. The molecule has 0 saturated carbocycles. The minimum absolute atomic E-state index is 0.0430. The van der Waals surface area contributed by atoms with E-state index in [4.69, 9.17) is 11.6 Å². The first-order chi connectivity index (χ1) is 14.2. The Kier molecular flexibility index (Phi) is 6.13. The van der Waals surface area contributed by atoms with Crippen molar-refractivity contribution in [3.63, 3.8) is 0 Å². The molecule has 4 rings (SSSR count). The molecule has 0 spiro atoms. The Labute approximate surface area is 176 Å². The fourth-order valence-corrected chi connectivity index (χ4v) is 3.93. The van der Waals surface area contributed by atoms with Gasteiger partial charge in [0.15, 0.2) is 0 Å². The van der Waals surface area contributed by atoms with Crippen LogP contribution < -0.4 is 5.32 Å². The van der Waals surface area contributed by atoms with Crippen LogP contribution in [0.5, 0.6) is 0 Å². The van der Waals surface area contributed by atoms with Crippen LogP contribution in [0.25, 0.3) is 0 Å². The second-order valence-electron chi connectivity index (χ2n) is 7.18. The van der Waals surface area contributed by atoms with Gasteiger partial charge in [0, 0.05) is 36.9 Å². The highest BCUT2D eigenvalue weighted by atomic mass is 35.5. The molecule has 1 atom stereocenters. The lowest BCUT2D eigenvalue weighted by atomic mass is 9.96. The molecule has 1 fully saturated rings. The lowest BCUT2D eigenvalue weighted by Crippen LogP contribution is -2.51. The number of nitrogens with zero attached hydrogens (tertiary/aromatic N) is 2. The molecule has 0 aliphatic carbocycles. The molecule has 1 N–H and O–H groups in total. The van der Waals surface area contributed by atoms with E-state index in [2.05, 4.69) is 46.6 Å². The van der Waals surface area contributed by atoms with Gasteiger partial charge >= 0.3 is 6.03 Å². The molecule has 2 amide bonds. The minimum Gasteiger partial charge on any atom is -0.322 e. The standard InChI is InChI=1S/C24H24ClN3O/c25-21-13-11-20(12-14-21)23(19-7-3-1-4-8-19)27-15-17-28(18-16-27)24(29)26-22-9-5-2-6-10-22/h1-14,23H,15-18H2,(H,26,29). The van der Waals surface area contributed by atoms with E-state index in [-0.39, 0.29) is 12.1 Å². The van der Waals surface area contributed by atoms with Crippen LogP contribution in [0.1, 0.15) is 17.2 Å². The summed E-state index contributed by atoms with van der Waals surface area (Å²) in [6.45, 7) is 3.00. The summed E-state index contributed by atoms with van der Waals surface area (Å²) >= 11 is 6.10. The summed E-state index contributed by atoms with van der Waals surface area (Å²) in [5.74, 6) is 0. The van der Waals surface area contributed by atoms with Gasteiger partial charge in [0.25, 0.3) is 0 Å². The number of carbonyl (C=O) groups is 1. The molecule has 3 aromatic rings. The number of rotatable bonds is 4. The van der Waals surface area contributed by atoms with E-state index in [0.29, 0.717) is 13.1 Å². The zero-order valence-corrected chi connectivity index (χ0v) is 16.9. The molecule has 0 aromatic heterocycles. The van der Waals surface area contributed by atoms with Gasteiger partial charge in [-0.3, -0.25) is 4.90 Å². The monoisotopic (exact) mass is 405 g/mol. The Morgan fingerprint density at radius 1 is 0.759 bits per heavy atom. The minimum atomic E-state index is -0.0430. The molecule has 0 radical (unpaired) electrons. The number of amides is 2. The van der Waals surface area contributed by atoms with Crippen LogP contribution >= 0.6 is 11.6 Å². The van der Waals surface area contributed by atoms with Crippen LogP contribution in [-0.4, -0.2) is 42.0 Å². The largest absolute Gasteiger partial charge is 0.322 e. The number of para-hydroxylation sites is 1. The second-order valence-corrected chi connectivity index (χ2v) is 7.62. The van der Waals surface area contributed by atoms with E-state index in [0.717, 1.165) is 23.8 Å². The van der Waals surface area contributed by atoms with Gasteiger partial charge in [0.05, 0.1) is 6.04 Å². The molecule has 1 unspecified atom stereocenters. The van der Waals surface area contributed by atoms with Crippen molar-refractivity contribution < 1.29 is 4.79 Å². The van der Waals surface area contributed by atoms with Crippen molar-refractivity contribution in [3.8, 4) is 0 Å². The molecule has 1 aliphatic heterocycles. The maximum atomic E-state index is 12.6. The van der Waals surface area contributed by atoms with Crippen LogP contribution in [0.3, 0.4) is 0 Å². The van der Waals surface area contributed by atoms with E-state index in [1.165, 1.54) is 11.1 Å². The van der Waals surface area contributed by atoms with Gasteiger partial charge in [-0.2, -0.15) is 0 Å². The number of urea groups is 1. The zero-order valence-electron chi connectivity index (χ0n) is 16.2. The van der Waals surface area contributed by atoms with Crippen molar-refractivity contribution in [2.45, 2.75) is 6.04 Å². The van der Waals surface area contributed by atoms with E-state index in [1.807, 2.05) is 53.4 Å². The van der Waals surface area contributed by atoms with E-state index in [9.17, 15) is 4.79 Å². The summed E-state index contributed by atoms with van der Waals surface area (Å²) < 4.78 is 0. The van der Waals surface area contributed by atoms with Gasteiger partial charge in [-0.05, 0) is 35.4 Å². The van der Waals surface area contributed by atoms with E-state index >= 15 is 0 Å². The number of anilines is 1. The maximum absolute atomic E-state index is 12.6. The normalized spacial score (nSPS) is 15.7. The van der Waals surface area contributed by atoms with Gasteiger partial charge in [0.2, 0.25) is 0 Å². The third-order valence-electron chi connectivity index (χ3n) is 5.29. The number of hydrogen-bond donors (Lipinski definition) is 1. The number of piperazine rings is 1. The highest BCUT2D eigenvalue weighted by Gasteiger charge is 2.28. The lowest BCUT2D eigenvalue weighted by Gasteiger charge is -2.39. The predicted molar refractivity (Wildman–Crippen MR) is 118 cm³/mol. The number of benzene rings is 3. The Bertz CT molecular complexity index is 923. The third kappa shape index (κ3) is 4.78. The molecule has 1 saturated heterocycles. The topological polar surface area (TPSA) is 35.6 Å². The van der Waals surface area contributed by atoms with Crippen LogP contribution in [0, 0.1) is 0 Å². The fraction of sp³-hybridized carbons (Fsp3) is 0.208. The van der Waals surface area contributed by atoms with Gasteiger partial charge in [-0.15, -0.1) is 0 Å². The molecule has 29 heavy (non-hydrogen) atoms. The molecule has 4 nitrogen and oxygen atoms in total. The second kappa shape index (κ2) is 9.12. The number of hydrogen-bond acceptors (Lipinski definition) is 2. The van der Waals surface area contributed by atoms with Crippen LogP contribution in [0.4, 0.5) is 10.5 Å². The van der Waals surface area contributed by atoms with Gasteiger partial charge in [-0.25, -0.2) is 4.79 Å². The lowest BCUT2D eigenvalue weighted by molar-refractivity contribution is 0.126. The SMILES string of the molecule is O=C(Nc1ccccc1)N1CCN(C(c2ccccc2)c2ccc(Cl)cc2)CC1. The Hall–Kier alpha value is -2.82. The molecular weight excluding hydrogens is 382 g/mol. The van der Waals surface area contributed by atoms with Crippen molar-refractivity contribution in [3.05, 3.63) is 101 Å². The van der Waals surface area contributed by atoms with Crippen molar-refractivity contribution in [2.75, 3.05) is 31.5 Å². The van der Waals surface area contributed by atoms with Crippen molar-refractivity contribution in [2.24, 2.45) is 0 Å². The number of carbonyl (C=O) groups excluding carboxylic acids is 1. The van der Waals surface area contributed by atoms with E-state index in [1.54, 1.807) is 0 Å². The van der Waals surface area contributed by atoms with Crippen molar-refractivity contribution in [1.82, 2.24) is 9.80 Å². The molecule has 1 heterocycles. The van der Waals surface area contributed by atoms with Gasteiger partial charge < -0.3 is 10.2 Å². The van der Waals surface area contributed by atoms with Crippen molar-refractivity contribution >= 4 is 23.3 Å². The Balaban J connectivity index is 1.47. The first-order valence-electron chi connectivity index (χ1n) is 9.86. The summed E-state index contributed by atoms with van der Waals surface area (Å²) in [6.07, 6.45) is 0. The highest BCUT2D eigenvalue weighted by Crippen LogP contribution is 2.30. The third-order valence-corrected chi connectivity index (χ3v) is 5.54. The predicted octanol–water partition coefficient (Wildman–Crippen LogP) is 5.28. The van der Waals surface area contributed by atoms with E-state index < -0.39 is 0 Å². The first-order valence-corrected chi connectivity index (χ1v) is 10.2. The summed E-state index contributed by atoms with van der Waals surface area (Å²) in [6, 6.07) is 28.3. The summed E-state index contributed by atoms with van der Waals surface area (Å²) in [7, 11) is 0. The Morgan fingerprint density at radius 3 is 1.93 bits per heavy atom. The number of halogens is 1. The van der Waals surface area contributed by atoms with Crippen LogP contribution in [-0.2, 0) is 0 Å². The molecule has 3 aromatic carbocycles. The first kappa shape index (κ1) is 19.5. The average Bonchev–Trinajstić information content (AvgIpc) is 2.77. The smallest absolute Gasteiger partial charge is 0.321 e. The number of nitrogens with one attached hydrogen (secondary N) is 1. The van der Waals surface area contributed by atoms with Gasteiger partial charge in [-0.1, -0.05) is 72.3 Å².